The lowest BCUT2D eigenvalue weighted by Gasteiger charge is -2.07. The van der Waals surface area contributed by atoms with Gasteiger partial charge < -0.3 is 5.32 Å². The lowest BCUT2D eigenvalue weighted by atomic mass is 10.2. The van der Waals surface area contributed by atoms with Crippen molar-refractivity contribution < 1.29 is 4.79 Å². The molecule has 3 heterocycles. The van der Waals surface area contributed by atoms with E-state index < -0.39 is 0 Å². The summed E-state index contributed by atoms with van der Waals surface area (Å²) in [6.45, 7) is 3.85. The van der Waals surface area contributed by atoms with E-state index in [0.29, 0.717) is 10.8 Å². The number of carbonyl (C=O) groups excluding carboxylic acids is 1. The molecule has 0 saturated carbocycles. The molecule has 0 fully saturated rings. The fourth-order valence-electron chi connectivity index (χ4n) is 2.02. The molecule has 0 aliphatic rings. The number of rotatable bonds is 5. The summed E-state index contributed by atoms with van der Waals surface area (Å²) in [6, 6.07) is 7.64. The van der Waals surface area contributed by atoms with Crippen LogP contribution in [-0.2, 0) is 4.79 Å². The molecular formula is C15H16N6OS. The number of thioether (sulfide) groups is 1. The van der Waals surface area contributed by atoms with E-state index in [1.807, 2.05) is 38.1 Å². The number of hydrogen-bond donors (Lipinski definition) is 1. The zero-order valence-electron chi connectivity index (χ0n) is 12.8. The second-order valence-corrected chi connectivity index (χ2v) is 6.17. The minimum Gasteiger partial charge on any atom is -0.353 e. The molecule has 0 aliphatic heterocycles. The van der Waals surface area contributed by atoms with Crippen molar-refractivity contribution in [3.8, 4) is 11.3 Å². The van der Waals surface area contributed by atoms with Gasteiger partial charge in [-0.2, -0.15) is 9.61 Å². The normalized spacial score (nSPS) is 11.1. The van der Waals surface area contributed by atoms with Gasteiger partial charge in [-0.05, 0) is 38.1 Å². The molecule has 0 unspecified atom stereocenters. The molecule has 0 radical (unpaired) electrons. The Labute approximate surface area is 137 Å². The summed E-state index contributed by atoms with van der Waals surface area (Å²) in [6.07, 6.45) is 3.47. The van der Waals surface area contributed by atoms with Gasteiger partial charge in [-0.15, -0.1) is 10.2 Å². The van der Waals surface area contributed by atoms with Crippen LogP contribution in [0.3, 0.4) is 0 Å². The number of amides is 1. The second kappa shape index (κ2) is 6.74. The lowest BCUT2D eigenvalue weighted by Crippen LogP contribution is -2.31. The summed E-state index contributed by atoms with van der Waals surface area (Å²) >= 11 is 1.31. The first kappa shape index (κ1) is 15.4. The second-order valence-electron chi connectivity index (χ2n) is 5.22. The van der Waals surface area contributed by atoms with Gasteiger partial charge in [-0.1, -0.05) is 11.8 Å². The third-order valence-electron chi connectivity index (χ3n) is 2.97. The van der Waals surface area contributed by atoms with Gasteiger partial charge in [0, 0.05) is 24.0 Å². The summed E-state index contributed by atoms with van der Waals surface area (Å²) < 4.78 is 1.65. The van der Waals surface area contributed by atoms with E-state index in [1.54, 1.807) is 16.9 Å². The van der Waals surface area contributed by atoms with Crippen molar-refractivity contribution in [2.75, 3.05) is 5.75 Å². The number of carbonyl (C=O) groups is 1. The van der Waals surface area contributed by atoms with E-state index in [1.165, 1.54) is 11.8 Å². The molecule has 7 nitrogen and oxygen atoms in total. The van der Waals surface area contributed by atoms with Crippen LogP contribution in [0.1, 0.15) is 13.8 Å². The van der Waals surface area contributed by atoms with E-state index in [0.717, 1.165) is 11.3 Å². The highest BCUT2D eigenvalue weighted by Crippen LogP contribution is 2.19. The van der Waals surface area contributed by atoms with Crippen LogP contribution in [0.2, 0.25) is 0 Å². The largest absolute Gasteiger partial charge is 0.353 e. The van der Waals surface area contributed by atoms with Gasteiger partial charge in [-0.3, -0.25) is 9.78 Å². The Bertz CT molecular complexity index is 817. The van der Waals surface area contributed by atoms with Crippen molar-refractivity contribution >= 4 is 23.3 Å². The number of pyridine rings is 1. The van der Waals surface area contributed by atoms with Crippen molar-refractivity contribution in [1.29, 1.82) is 0 Å². The highest BCUT2D eigenvalue weighted by molar-refractivity contribution is 7.99. The standard InChI is InChI=1S/C15H16N6OS/c1-10(2)17-14(22)9-23-15-19-18-13-6-5-12(20-21(13)15)11-4-3-7-16-8-11/h3-8,10H,9H2,1-2H3,(H,17,22). The Hall–Kier alpha value is -2.48. The number of aromatic nitrogens is 5. The third-order valence-corrected chi connectivity index (χ3v) is 3.89. The minimum atomic E-state index is -0.0369. The summed E-state index contributed by atoms with van der Waals surface area (Å²) in [5, 5.41) is 16.1. The first-order valence-electron chi connectivity index (χ1n) is 7.18. The average Bonchev–Trinajstić information content (AvgIpc) is 2.95. The average molecular weight is 328 g/mol. The van der Waals surface area contributed by atoms with Crippen molar-refractivity contribution in [2.24, 2.45) is 0 Å². The Balaban J connectivity index is 1.83. The monoisotopic (exact) mass is 328 g/mol. The molecule has 0 aliphatic carbocycles. The smallest absolute Gasteiger partial charge is 0.230 e. The SMILES string of the molecule is CC(C)NC(=O)CSc1nnc2ccc(-c3cccnc3)nn12. The van der Waals surface area contributed by atoms with E-state index >= 15 is 0 Å². The predicted molar refractivity (Wildman–Crippen MR) is 88.0 cm³/mol. The lowest BCUT2D eigenvalue weighted by molar-refractivity contribution is -0.119. The quantitative estimate of drug-likeness (QED) is 0.719. The van der Waals surface area contributed by atoms with Crippen molar-refractivity contribution in [2.45, 2.75) is 25.0 Å². The molecular weight excluding hydrogens is 312 g/mol. The molecule has 0 atom stereocenters. The maximum absolute atomic E-state index is 11.8. The minimum absolute atomic E-state index is 0.0369. The van der Waals surface area contributed by atoms with Crippen molar-refractivity contribution in [3.05, 3.63) is 36.7 Å². The molecule has 3 rings (SSSR count). The Morgan fingerprint density at radius 2 is 2.17 bits per heavy atom. The fourth-order valence-corrected chi connectivity index (χ4v) is 2.72. The first-order valence-corrected chi connectivity index (χ1v) is 8.17. The summed E-state index contributed by atoms with van der Waals surface area (Å²) in [5.74, 6) is 0.239. The highest BCUT2D eigenvalue weighted by Gasteiger charge is 2.12. The Morgan fingerprint density at radius 3 is 2.91 bits per heavy atom. The predicted octanol–water partition coefficient (Wildman–Crippen LogP) is 1.80. The van der Waals surface area contributed by atoms with Crippen LogP contribution in [0.15, 0.2) is 41.8 Å². The van der Waals surface area contributed by atoms with Gasteiger partial charge in [0.1, 0.15) is 0 Å². The van der Waals surface area contributed by atoms with Gasteiger partial charge in [-0.25, -0.2) is 0 Å². The van der Waals surface area contributed by atoms with Gasteiger partial charge in [0.15, 0.2) is 5.65 Å². The van der Waals surface area contributed by atoms with Gasteiger partial charge in [0.25, 0.3) is 0 Å². The highest BCUT2D eigenvalue weighted by atomic mass is 32.2. The molecule has 8 heteroatoms. The molecule has 1 N–H and O–H groups in total. The van der Waals surface area contributed by atoms with E-state index in [4.69, 9.17) is 0 Å². The molecule has 0 aromatic carbocycles. The topological polar surface area (TPSA) is 85.1 Å². The maximum atomic E-state index is 11.8. The number of fused-ring (bicyclic) bond motifs is 1. The zero-order chi connectivity index (χ0) is 16.2. The molecule has 0 saturated heterocycles. The maximum Gasteiger partial charge on any atom is 0.230 e. The molecule has 0 bridgehead atoms. The zero-order valence-corrected chi connectivity index (χ0v) is 13.6. The molecule has 1 amide bonds. The molecule has 3 aromatic rings. The Morgan fingerprint density at radius 1 is 1.30 bits per heavy atom. The van der Waals surface area contributed by atoms with Crippen LogP contribution in [-0.4, -0.2) is 42.5 Å². The number of nitrogens with one attached hydrogen (secondary N) is 1. The molecule has 118 valence electrons. The molecule has 0 spiro atoms. The van der Waals surface area contributed by atoms with E-state index in [9.17, 15) is 4.79 Å². The van der Waals surface area contributed by atoms with Crippen molar-refractivity contribution in [3.63, 3.8) is 0 Å². The molecule has 3 aromatic heterocycles. The fraction of sp³-hybridized carbons (Fsp3) is 0.267. The van der Waals surface area contributed by atoms with Gasteiger partial charge in [0.2, 0.25) is 11.1 Å². The summed E-state index contributed by atoms with van der Waals surface area (Å²) in [4.78, 5) is 15.9. The van der Waals surface area contributed by atoms with E-state index in [2.05, 4.69) is 25.6 Å². The van der Waals surface area contributed by atoms with Gasteiger partial charge in [0.05, 0.1) is 11.4 Å². The Kier molecular flexibility index (Phi) is 4.52. The van der Waals surface area contributed by atoms with E-state index in [-0.39, 0.29) is 17.7 Å². The van der Waals surface area contributed by atoms with Crippen LogP contribution in [0, 0.1) is 0 Å². The number of nitrogens with zero attached hydrogens (tertiary/aromatic N) is 5. The van der Waals surface area contributed by atoms with Crippen LogP contribution in [0.25, 0.3) is 16.9 Å². The first-order chi connectivity index (χ1) is 11.1. The summed E-state index contributed by atoms with van der Waals surface area (Å²) in [7, 11) is 0. The third kappa shape index (κ3) is 3.65. The number of hydrogen-bond acceptors (Lipinski definition) is 6. The van der Waals surface area contributed by atoms with Crippen LogP contribution in [0.4, 0.5) is 0 Å². The molecule has 23 heavy (non-hydrogen) atoms. The van der Waals surface area contributed by atoms with Crippen LogP contribution in [0.5, 0.6) is 0 Å². The van der Waals surface area contributed by atoms with Gasteiger partial charge >= 0.3 is 0 Å². The van der Waals surface area contributed by atoms with Crippen molar-refractivity contribution in [1.82, 2.24) is 30.1 Å². The van der Waals surface area contributed by atoms with Crippen LogP contribution < -0.4 is 5.32 Å². The van der Waals surface area contributed by atoms with Crippen LogP contribution >= 0.6 is 11.8 Å². The summed E-state index contributed by atoms with van der Waals surface area (Å²) in [5.41, 5.74) is 2.33.